The van der Waals surface area contributed by atoms with Crippen molar-refractivity contribution in [2.24, 2.45) is 4.99 Å². The van der Waals surface area contributed by atoms with E-state index in [0.717, 1.165) is 32.1 Å². The van der Waals surface area contributed by atoms with Crippen LogP contribution in [0.4, 0.5) is 0 Å². The molecule has 0 saturated carbocycles. The van der Waals surface area contributed by atoms with Crippen LogP contribution in [0.5, 0.6) is 0 Å². The van der Waals surface area contributed by atoms with Crippen LogP contribution in [0.1, 0.15) is 51.9 Å². The number of nitrogens with zero attached hydrogens (tertiary/aromatic N) is 1. The van der Waals surface area contributed by atoms with Gasteiger partial charge in [0.1, 0.15) is 0 Å². The van der Waals surface area contributed by atoms with Crippen LogP contribution in [0.2, 0.25) is 0 Å². The highest BCUT2D eigenvalue weighted by atomic mass is 16.5. The van der Waals surface area contributed by atoms with Crippen LogP contribution in [0.3, 0.4) is 0 Å². The molecule has 4 heteroatoms. The van der Waals surface area contributed by atoms with Crippen molar-refractivity contribution in [2.45, 2.75) is 51.9 Å². The quantitative estimate of drug-likeness (QED) is 0.187. The van der Waals surface area contributed by atoms with Crippen LogP contribution in [0.15, 0.2) is 17.1 Å². The largest absolute Gasteiger partial charge is 0.462 e. The molecule has 0 amide bonds. The zero-order valence-electron chi connectivity index (χ0n) is 11.2. The highest BCUT2D eigenvalue weighted by molar-refractivity contribution is 5.86. The summed E-state index contributed by atoms with van der Waals surface area (Å²) in [7, 11) is 0. The molecule has 0 radical (unpaired) electrons. The monoisotopic (exact) mass is 253 g/mol. The molecule has 0 aliphatic rings. The SMILES string of the molecule is C=C(C)C(=O)OCCCCCCCCCN=C=O. The third-order valence-corrected chi connectivity index (χ3v) is 2.56. The zero-order valence-corrected chi connectivity index (χ0v) is 11.2. The fourth-order valence-electron chi connectivity index (χ4n) is 1.51. The number of ether oxygens (including phenoxy) is 1. The molecular weight excluding hydrogens is 230 g/mol. The number of carbonyl (C=O) groups excluding carboxylic acids is 2. The number of hydrogen-bond acceptors (Lipinski definition) is 4. The Balaban J connectivity index is 3.14. The van der Waals surface area contributed by atoms with Crippen molar-refractivity contribution in [1.29, 1.82) is 0 Å². The summed E-state index contributed by atoms with van der Waals surface area (Å²) in [6.07, 6.45) is 9.10. The first-order valence-corrected chi connectivity index (χ1v) is 6.54. The van der Waals surface area contributed by atoms with E-state index in [1.165, 1.54) is 18.9 Å². The average Bonchev–Trinajstić information content (AvgIpc) is 2.35. The minimum Gasteiger partial charge on any atom is -0.462 e. The molecule has 0 saturated heterocycles. The Hall–Kier alpha value is -1.41. The summed E-state index contributed by atoms with van der Waals surface area (Å²) >= 11 is 0. The van der Waals surface area contributed by atoms with Crippen LogP contribution in [-0.4, -0.2) is 25.2 Å². The van der Waals surface area contributed by atoms with Gasteiger partial charge in [-0.3, -0.25) is 0 Å². The van der Waals surface area contributed by atoms with Crippen LogP contribution in [0.25, 0.3) is 0 Å². The van der Waals surface area contributed by atoms with Crippen LogP contribution < -0.4 is 0 Å². The van der Waals surface area contributed by atoms with E-state index in [0.29, 0.717) is 18.7 Å². The number of esters is 1. The molecule has 0 aromatic rings. The predicted octanol–water partition coefficient (Wildman–Crippen LogP) is 3.17. The lowest BCUT2D eigenvalue weighted by Gasteiger charge is -2.04. The van der Waals surface area contributed by atoms with Gasteiger partial charge in [-0.1, -0.05) is 38.7 Å². The molecule has 0 rings (SSSR count). The summed E-state index contributed by atoms with van der Waals surface area (Å²) in [5.74, 6) is -0.300. The van der Waals surface area contributed by atoms with Crippen LogP contribution in [0, 0.1) is 0 Å². The van der Waals surface area contributed by atoms with Gasteiger partial charge in [-0.2, -0.15) is 0 Å². The van der Waals surface area contributed by atoms with E-state index in [2.05, 4.69) is 11.6 Å². The number of unbranched alkanes of at least 4 members (excludes halogenated alkanes) is 6. The van der Waals surface area contributed by atoms with E-state index in [-0.39, 0.29) is 5.97 Å². The van der Waals surface area contributed by atoms with Gasteiger partial charge in [0.05, 0.1) is 13.2 Å². The minimum absolute atomic E-state index is 0.300. The van der Waals surface area contributed by atoms with Crippen molar-refractivity contribution in [3.63, 3.8) is 0 Å². The summed E-state index contributed by atoms with van der Waals surface area (Å²) in [6, 6.07) is 0. The van der Waals surface area contributed by atoms with Gasteiger partial charge in [0.15, 0.2) is 0 Å². The van der Waals surface area contributed by atoms with Crippen molar-refractivity contribution >= 4 is 12.0 Å². The van der Waals surface area contributed by atoms with E-state index in [1.807, 2.05) is 0 Å². The third-order valence-electron chi connectivity index (χ3n) is 2.56. The van der Waals surface area contributed by atoms with Gasteiger partial charge >= 0.3 is 5.97 Å². The highest BCUT2D eigenvalue weighted by Gasteiger charge is 2.01. The molecule has 18 heavy (non-hydrogen) atoms. The van der Waals surface area contributed by atoms with Gasteiger partial charge in [-0.25, -0.2) is 14.6 Å². The Morgan fingerprint density at radius 2 is 1.67 bits per heavy atom. The molecule has 0 heterocycles. The first-order chi connectivity index (χ1) is 8.68. The second-order valence-corrected chi connectivity index (χ2v) is 4.36. The normalized spacial score (nSPS) is 9.61. The lowest BCUT2D eigenvalue weighted by molar-refractivity contribution is -0.139. The zero-order chi connectivity index (χ0) is 13.6. The summed E-state index contributed by atoms with van der Waals surface area (Å²) in [4.78, 5) is 24.3. The number of hydrogen-bond donors (Lipinski definition) is 0. The van der Waals surface area contributed by atoms with Crippen molar-refractivity contribution in [3.8, 4) is 0 Å². The van der Waals surface area contributed by atoms with Crippen molar-refractivity contribution in [1.82, 2.24) is 0 Å². The molecule has 0 bridgehead atoms. The lowest BCUT2D eigenvalue weighted by Crippen LogP contribution is -2.05. The summed E-state index contributed by atoms with van der Waals surface area (Å²) in [6.45, 7) is 6.25. The number of rotatable bonds is 11. The Morgan fingerprint density at radius 3 is 2.22 bits per heavy atom. The van der Waals surface area contributed by atoms with Crippen LogP contribution >= 0.6 is 0 Å². The van der Waals surface area contributed by atoms with Gasteiger partial charge in [0, 0.05) is 5.57 Å². The molecule has 0 aliphatic heterocycles. The maximum Gasteiger partial charge on any atom is 0.333 e. The van der Waals surface area contributed by atoms with Crippen molar-refractivity contribution in [2.75, 3.05) is 13.2 Å². The minimum atomic E-state index is -0.300. The topological polar surface area (TPSA) is 55.7 Å². The fourth-order valence-corrected chi connectivity index (χ4v) is 1.51. The Morgan fingerprint density at radius 1 is 1.11 bits per heavy atom. The maximum absolute atomic E-state index is 11.0. The number of isocyanates is 1. The summed E-state index contributed by atoms with van der Waals surface area (Å²) < 4.78 is 4.99. The molecule has 0 fully saturated rings. The third kappa shape index (κ3) is 11.1. The highest BCUT2D eigenvalue weighted by Crippen LogP contribution is 2.07. The van der Waals surface area contributed by atoms with E-state index in [4.69, 9.17) is 4.74 Å². The smallest absolute Gasteiger partial charge is 0.333 e. The summed E-state index contributed by atoms with van der Waals surface area (Å²) in [5, 5.41) is 0. The van der Waals surface area contributed by atoms with Gasteiger partial charge in [0.2, 0.25) is 6.08 Å². The fraction of sp³-hybridized carbons (Fsp3) is 0.714. The lowest BCUT2D eigenvalue weighted by atomic mass is 10.1. The molecule has 4 nitrogen and oxygen atoms in total. The molecule has 0 unspecified atom stereocenters. The molecular formula is C14H23NO3. The standard InChI is InChI=1S/C14H23NO3/c1-13(2)14(17)18-11-9-7-5-3-4-6-8-10-15-12-16/h1,3-11H2,2H3. The average molecular weight is 253 g/mol. The predicted molar refractivity (Wildman–Crippen MR) is 71.1 cm³/mol. The first kappa shape index (κ1) is 16.6. The molecule has 102 valence electrons. The van der Waals surface area contributed by atoms with Crippen molar-refractivity contribution < 1.29 is 14.3 Å². The maximum atomic E-state index is 11.0. The Kier molecular flexibility index (Phi) is 11.1. The first-order valence-electron chi connectivity index (χ1n) is 6.54. The second-order valence-electron chi connectivity index (χ2n) is 4.36. The second kappa shape index (κ2) is 12.1. The number of carbonyl (C=O) groups is 1. The van der Waals surface area contributed by atoms with Gasteiger partial charge in [-0.05, 0) is 19.8 Å². The molecule has 0 aliphatic carbocycles. The number of aliphatic imine (C=N–C) groups is 1. The molecule has 0 aromatic heterocycles. The molecule has 0 N–H and O–H groups in total. The Bertz CT molecular complexity index is 293. The van der Waals surface area contributed by atoms with E-state index < -0.39 is 0 Å². The van der Waals surface area contributed by atoms with E-state index in [1.54, 1.807) is 6.92 Å². The molecule has 0 aromatic carbocycles. The Labute approximate surface area is 109 Å². The van der Waals surface area contributed by atoms with Gasteiger partial charge in [-0.15, -0.1) is 0 Å². The van der Waals surface area contributed by atoms with Gasteiger partial charge < -0.3 is 4.74 Å². The molecule has 0 atom stereocenters. The summed E-state index contributed by atoms with van der Waals surface area (Å²) in [5.41, 5.74) is 0.452. The van der Waals surface area contributed by atoms with Gasteiger partial charge in [0.25, 0.3) is 0 Å². The van der Waals surface area contributed by atoms with Crippen molar-refractivity contribution in [3.05, 3.63) is 12.2 Å². The van der Waals surface area contributed by atoms with E-state index >= 15 is 0 Å². The van der Waals surface area contributed by atoms with Crippen LogP contribution in [-0.2, 0) is 14.3 Å². The van der Waals surface area contributed by atoms with E-state index in [9.17, 15) is 9.59 Å². The molecule has 0 spiro atoms.